The van der Waals surface area contributed by atoms with E-state index in [-0.39, 0.29) is 11.8 Å². The van der Waals surface area contributed by atoms with E-state index in [0.29, 0.717) is 18.2 Å². The molecule has 132 valence electrons. The molecular formula is C15H27N3O4S. The minimum atomic E-state index is -0.745. The molecule has 1 heterocycles. The third-order valence-electron chi connectivity index (χ3n) is 3.40. The van der Waals surface area contributed by atoms with Crippen LogP contribution in [0.3, 0.4) is 0 Å². The summed E-state index contributed by atoms with van der Waals surface area (Å²) in [6, 6.07) is -1.22. The van der Waals surface area contributed by atoms with Gasteiger partial charge in [-0.05, 0) is 34.6 Å². The van der Waals surface area contributed by atoms with E-state index in [1.807, 2.05) is 6.92 Å². The third-order valence-corrected chi connectivity index (χ3v) is 4.42. The number of nitrogens with one attached hydrogen (secondary N) is 1. The van der Waals surface area contributed by atoms with Crippen LogP contribution in [-0.4, -0.2) is 70.6 Å². The topological polar surface area (TPSA) is 79.0 Å². The van der Waals surface area contributed by atoms with Crippen LogP contribution in [0, 0.1) is 0 Å². The first-order valence-electron chi connectivity index (χ1n) is 7.69. The van der Waals surface area contributed by atoms with E-state index in [1.54, 1.807) is 39.6 Å². The molecule has 0 aromatic heterocycles. The lowest BCUT2D eigenvalue weighted by molar-refractivity contribution is -0.143. The molecule has 1 saturated heterocycles. The van der Waals surface area contributed by atoms with Crippen molar-refractivity contribution in [2.75, 3.05) is 25.2 Å². The van der Waals surface area contributed by atoms with Crippen molar-refractivity contribution in [2.45, 2.75) is 52.3 Å². The molecular weight excluding hydrogens is 318 g/mol. The van der Waals surface area contributed by atoms with Crippen molar-refractivity contribution < 1.29 is 19.1 Å². The molecule has 0 saturated carbocycles. The highest BCUT2D eigenvalue weighted by Crippen LogP contribution is 2.23. The van der Waals surface area contributed by atoms with Crippen LogP contribution in [0.2, 0.25) is 0 Å². The number of hydrogen-bond donors (Lipinski definition) is 1. The summed E-state index contributed by atoms with van der Waals surface area (Å²) in [4.78, 5) is 39.8. The predicted octanol–water partition coefficient (Wildman–Crippen LogP) is 1.28. The van der Waals surface area contributed by atoms with Crippen LogP contribution >= 0.6 is 11.8 Å². The summed E-state index contributed by atoms with van der Waals surface area (Å²) in [6.45, 7) is 9.34. The Morgan fingerprint density at radius 2 is 2.00 bits per heavy atom. The Bertz CT molecular complexity index is 464. The Labute approximate surface area is 142 Å². The zero-order valence-corrected chi connectivity index (χ0v) is 15.5. The number of nitrogens with zero attached hydrogens (tertiary/aromatic N) is 2. The van der Waals surface area contributed by atoms with Crippen molar-refractivity contribution in [1.82, 2.24) is 15.1 Å². The van der Waals surface area contributed by atoms with Gasteiger partial charge in [0.2, 0.25) is 11.8 Å². The van der Waals surface area contributed by atoms with Gasteiger partial charge in [0.05, 0.1) is 5.88 Å². The lowest BCUT2D eigenvalue weighted by atomic mass is 10.2. The first kappa shape index (κ1) is 19.6. The first-order valence-corrected chi connectivity index (χ1v) is 8.85. The molecule has 23 heavy (non-hydrogen) atoms. The molecule has 1 aliphatic heterocycles. The second kappa shape index (κ2) is 7.90. The van der Waals surface area contributed by atoms with Gasteiger partial charge in [0.25, 0.3) is 0 Å². The number of thioether (sulfide) groups is 1. The van der Waals surface area contributed by atoms with E-state index in [1.165, 1.54) is 16.7 Å². The molecule has 0 aromatic rings. The predicted molar refractivity (Wildman–Crippen MR) is 90.1 cm³/mol. The fourth-order valence-electron chi connectivity index (χ4n) is 2.07. The maximum absolute atomic E-state index is 12.5. The molecule has 0 aromatic carbocycles. The maximum atomic E-state index is 12.5. The minimum absolute atomic E-state index is 0.0738. The summed E-state index contributed by atoms with van der Waals surface area (Å²) in [5.74, 6) is 0.681. The molecule has 1 N–H and O–H groups in total. The van der Waals surface area contributed by atoms with Crippen molar-refractivity contribution in [3.63, 3.8) is 0 Å². The van der Waals surface area contributed by atoms with Crippen LogP contribution < -0.4 is 5.32 Å². The van der Waals surface area contributed by atoms with E-state index in [0.717, 1.165) is 0 Å². The Balaban J connectivity index is 2.68. The van der Waals surface area contributed by atoms with Crippen molar-refractivity contribution in [2.24, 2.45) is 0 Å². The van der Waals surface area contributed by atoms with E-state index in [2.05, 4.69) is 5.32 Å². The van der Waals surface area contributed by atoms with Gasteiger partial charge < -0.3 is 19.9 Å². The van der Waals surface area contributed by atoms with Gasteiger partial charge in [0, 0.05) is 19.3 Å². The maximum Gasteiger partial charge on any atom is 0.408 e. The fourth-order valence-corrected chi connectivity index (χ4v) is 3.22. The molecule has 0 spiro atoms. The summed E-state index contributed by atoms with van der Waals surface area (Å²) in [6.07, 6.45) is -0.640. The standard InChI is InChI=1S/C15H27N3O4S/c1-7-17(6)13(20)11-8-23-9-18(11)12(19)10(2)16-14(21)22-15(3,4)5/h10-11H,7-9H2,1-6H3,(H,16,21)/t10-,11?/m1/s1. The van der Waals surface area contributed by atoms with Gasteiger partial charge in [-0.3, -0.25) is 9.59 Å². The first-order chi connectivity index (χ1) is 10.6. The fraction of sp³-hybridized carbons (Fsp3) is 0.800. The molecule has 8 heteroatoms. The molecule has 2 atom stereocenters. The van der Waals surface area contributed by atoms with Crippen LogP contribution in [-0.2, 0) is 14.3 Å². The highest BCUT2D eigenvalue weighted by atomic mass is 32.2. The van der Waals surface area contributed by atoms with Crippen LogP contribution in [0.25, 0.3) is 0 Å². The second-order valence-electron chi connectivity index (χ2n) is 6.54. The molecule has 7 nitrogen and oxygen atoms in total. The van der Waals surface area contributed by atoms with Crippen molar-refractivity contribution in [3.05, 3.63) is 0 Å². The zero-order chi connectivity index (χ0) is 17.8. The zero-order valence-electron chi connectivity index (χ0n) is 14.7. The summed E-state index contributed by atoms with van der Waals surface area (Å²) < 4.78 is 5.15. The van der Waals surface area contributed by atoms with Gasteiger partial charge in [0.1, 0.15) is 17.7 Å². The van der Waals surface area contributed by atoms with E-state index >= 15 is 0 Å². The minimum Gasteiger partial charge on any atom is -0.444 e. The van der Waals surface area contributed by atoms with E-state index in [9.17, 15) is 14.4 Å². The largest absolute Gasteiger partial charge is 0.444 e. The second-order valence-corrected chi connectivity index (χ2v) is 7.54. The van der Waals surface area contributed by atoms with Crippen LogP contribution in [0.4, 0.5) is 4.79 Å². The van der Waals surface area contributed by atoms with E-state index < -0.39 is 23.8 Å². The molecule has 1 unspecified atom stereocenters. The molecule has 1 fully saturated rings. The number of amides is 3. The molecule has 0 radical (unpaired) electrons. The Hall–Kier alpha value is -1.44. The van der Waals surface area contributed by atoms with Gasteiger partial charge in [-0.1, -0.05) is 0 Å². The number of alkyl carbamates (subject to hydrolysis) is 1. The molecule has 1 aliphatic rings. The van der Waals surface area contributed by atoms with Crippen molar-refractivity contribution in [1.29, 1.82) is 0 Å². The smallest absolute Gasteiger partial charge is 0.408 e. The number of rotatable bonds is 4. The number of likely N-dealkylation sites (N-methyl/N-ethyl adjacent to an activating group) is 1. The SMILES string of the molecule is CCN(C)C(=O)C1CSCN1C(=O)[C@@H](C)NC(=O)OC(C)(C)C. The summed E-state index contributed by atoms with van der Waals surface area (Å²) in [7, 11) is 1.72. The Morgan fingerprint density at radius 3 is 2.52 bits per heavy atom. The Kier molecular flexibility index (Phi) is 6.73. The Morgan fingerprint density at radius 1 is 1.39 bits per heavy atom. The van der Waals surface area contributed by atoms with Crippen molar-refractivity contribution in [3.8, 4) is 0 Å². The van der Waals surface area contributed by atoms with Crippen molar-refractivity contribution >= 4 is 29.7 Å². The number of ether oxygens (including phenoxy) is 1. The number of carbonyl (C=O) groups is 3. The van der Waals surface area contributed by atoms with Crippen LogP contribution in [0.1, 0.15) is 34.6 Å². The molecule has 3 amide bonds. The normalized spacial score (nSPS) is 19.2. The third kappa shape index (κ3) is 5.60. The lowest BCUT2D eigenvalue weighted by Crippen LogP contribution is -2.53. The lowest BCUT2D eigenvalue weighted by Gasteiger charge is -2.29. The summed E-state index contributed by atoms with van der Waals surface area (Å²) >= 11 is 1.53. The van der Waals surface area contributed by atoms with Gasteiger partial charge in [-0.25, -0.2) is 4.79 Å². The van der Waals surface area contributed by atoms with Gasteiger partial charge in [0.15, 0.2) is 0 Å². The number of carbonyl (C=O) groups excluding carboxylic acids is 3. The average molecular weight is 345 g/mol. The molecule has 1 rings (SSSR count). The van der Waals surface area contributed by atoms with Gasteiger partial charge in [-0.2, -0.15) is 0 Å². The summed E-state index contributed by atoms with van der Waals surface area (Å²) in [5, 5.41) is 2.53. The average Bonchev–Trinajstić information content (AvgIpc) is 2.91. The van der Waals surface area contributed by atoms with Gasteiger partial charge in [-0.15, -0.1) is 11.8 Å². The number of hydrogen-bond acceptors (Lipinski definition) is 5. The quantitative estimate of drug-likeness (QED) is 0.830. The molecule has 0 aliphatic carbocycles. The van der Waals surface area contributed by atoms with E-state index in [4.69, 9.17) is 4.74 Å². The highest BCUT2D eigenvalue weighted by molar-refractivity contribution is 7.99. The molecule has 0 bridgehead atoms. The summed E-state index contributed by atoms with van der Waals surface area (Å²) in [5.41, 5.74) is -0.626. The highest BCUT2D eigenvalue weighted by Gasteiger charge is 2.38. The van der Waals surface area contributed by atoms with Crippen LogP contribution in [0.15, 0.2) is 0 Å². The van der Waals surface area contributed by atoms with Gasteiger partial charge >= 0.3 is 6.09 Å². The monoisotopic (exact) mass is 345 g/mol. The van der Waals surface area contributed by atoms with Crippen LogP contribution in [0.5, 0.6) is 0 Å².